The molecular weight excluding hydrogens is 1860 g/mol. The normalized spacial score (nSPS) is 11.8. The van der Waals surface area contributed by atoms with Crippen molar-refractivity contribution in [1.29, 1.82) is 0 Å². The first-order chi connectivity index (χ1) is 70.5. The maximum absolute atomic E-state index is 6.53. The van der Waals surface area contributed by atoms with Gasteiger partial charge in [0.15, 0.2) is 0 Å². The summed E-state index contributed by atoms with van der Waals surface area (Å²) in [6.07, 6.45) is 28.1. The van der Waals surface area contributed by atoms with E-state index in [2.05, 4.69) is 287 Å². The van der Waals surface area contributed by atoms with Crippen LogP contribution in [0.4, 0.5) is 17.1 Å². The second kappa shape index (κ2) is 41.5. The molecule has 0 aliphatic carbocycles. The van der Waals surface area contributed by atoms with E-state index in [0.717, 1.165) is 126 Å². The number of para-hydroxylation sites is 5. The average Bonchev–Trinajstić information content (AvgIpc) is 1.75. The Kier molecular flexibility index (Phi) is 25.9. The van der Waals surface area contributed by atoms with Crippen LogP contribution in [0.15, 0.2) is 347 Å². The molecule has 0 N–H and O–H groups in total. The van der Waals surface area contributed by atoms with Crippen LogP contribution in [0.1, 0.15) is 98.4 Å². The average molecular weight is 1950 g/mol. The van der Waals surface area contributed by atoms with Gasteiger partial charge in [0, 0.05) is 40.3 Å². The van der Waals surface area contributed by atoms with Crippen molar-refractivity contribution >= 4 is 152 Å². The number of nitrogens with zero attached hydrogens (tertiary/aromatic N) is 23. The Balaban J connectivity index is 0.447. The Bertz CT molecular complexity index is 7520. The van der Waals surface area contributed by atoms with Crippen LogP contribution in [0.5, 0.6) is 23.0 Å². The van der Waals surface area contributed by atoms with Gasteiger partial charge in [0.1, 0.15) is 104 Å². The van der Waals surface area contributed by atoms with Crippen LogP contribution < -0.4 is 23.8 Å². The van der Waals surface area contributed by atoms with Crippen LogP contribution in [-0.2, 0) is 65.7 Å². The van der Waals surface area contributed by atoms with Gasteiger partial charge in [-0.1, -0.05) is 244 Å². The van der Waals surface area contributed by atoms with Gasteiger partial charge in [0.2, 0.25) is 0 Å². The quantitative estimate of drug-likeness (QED) is 0.0350. The maximum atomic E-state index is 6.53. The molecule has 0 saturated carbocycles. The number of hydrogen-bond acceptors (Lipinski definition) is 25. The fourth-order valence-electron chi connectivity index (χ4n) is 16.5. The molecule has 0 aliphatic heterocycles. The third-order valence-electron chi connectivity index (χ3n) is 23.6. The molecular formula is C112H85N23O4S4. The summed E-state index contributed by atoms with van der Waals surface area (Å²) >= 11 is 6.70. The summed E-state index contributed by atoms with van der Waals surface area (Å²) in [5.74, 6) is 2.28. The Hall–Kier alpha value is -17.8. The Morgan fingerprint density at radius 1 is 0.231 bits per heavy atom. The third kappa shape index (κ3) is 22.3. The first kappa shape index (κ1) is 89.2. The number of anilines is 3. The predicted octanol–water partition coefficient (Wildman–Crippen LogP) is 23.8. The number of ether oxygens (including phenoxy) is 4. The summed E-state index contributed by atoms with van der Waals surface area (Å²) < 4.78 is 41.7. The molecule has 0 spiro atoms. The van der Waals surface area contributed by atoms with Gasteiger partial charge in [0.05, 0.1) is 117 Å². The van der Waals surface area contributed by atoms with Crippen molar-refractivity contribution in [3.63, 3.8) is 0 Å². The minimum absolute atomic E-state index is 0.158. The summed E-state index contributed by atoms with van der Waals surface area (Å²) in [5.41, 5.74) is 23.1. The molecule has 0 saturated heterocycles. The van der Waals surface area contributed by atoms with Gasteiger partial charge < -0.3 is 23.8 Å². The molecule has 0 bridgehead atoms. The molecule has 143 heavy (non-hydrogen) atoms. The zero-order valence-electron chi connectivity index (χ0n) is 76.7. The van der Waals surface area contributed by atoms with Crippen LogP contribution in [0.25, 0.3) is 112 Å². The molecule has 696 valence electrons. The molecule has 23 rings (SSSR count). The minimum Gasteiger partial charge on any atom is -0.487 e. The maximum Gasteiger partial charge on any atom is 0.134 e. The standard InChI is InChI=1S/C112H85N23O4S4/c1-2-12-92(13-3-1)135(93-46-42-86(43-47-93)103-70-133(127-121-103)64-84-54-95(136-72-88-66-129(123-117-88)60-80-30-22-76(23-31-80)38-50-109-113-99-14-4-8-18-105(99)140-109)58-96(55-84)137-73-89-67-130(124-118-89)61-81-32-24-77(25-33-81)39-51-110-114-100-15-5-9-19-106(100)141-110)94-48-44-87(45-49-94)104-71-134(128-122-104)65-85-56-97(138-74-90-68-131(125-119-90)62-82-34-26-78(27-35-82)40-52-111-115-101-16-6-10-20-107(101)142-111)59-98(57-85)139-75-91-69-132(126-120-91)63-83-36-28-79(29-37-83)41-53-112-116-102-17-7-11-21-108(102)143-112/h1-59,66-71H,60-65,72-75H2/b50-38+,51-39+,52-40+,53-41+. The van der Waals surface area contributed by atoms with Crippen LogP contribution in [0.2, 0.25) is 0 Å². The summed E-state index contributed by atoms with van der Waals surface area (Å²) in [5, 5.41) is 58.5. The zero-order valence-corrected chi connectivity index (χ0v) is 79.9. The highest BCUT2D eigenvalue weighted by atomic mass is 32.1. The number of hydrogen-bond donors (Lipinski definition) is 0. The van der Waals surface area contributed by atoms with Gasteiger partial charge >= 0.3 is 0 Å². The highest BCUT2D eigenvalue weighted by molar-refractivity contribution is 7.20. The van der Waals surface area contributed by atoms with E-state index in [1.807, 2.05) is 193 Å². The highest BCUT2D eigenvalue weighted by Crippen LogP contribution is 2.39. The van der Waals surface area contributed by atoms with Crippen molar-refractivity contribution in [3.8, 4) is 45.5 Å². The van der Waals surface area contributed by atoms with E-state index in [1.165, 1.54) is 18.8 Å². The van der Waals surface area contributed by atoms with Gasteiger partial charge in [-0.2, -0.15) is 0 Å². The molecule has 0 radical (unpaired) electrons. The van der Waals surface area contributed by atoms with E-state index >= 15 is 0 Å². The number of benzene rings is 13. The first-order valence-electron chi connectivity index (χ1n) is 46.3. The summed E-state index contributed by atoms with van der Waals surface area (Å²) in [7, 11) is 0. The van der Waals surface area contributed by atoms with Crippen molar-refractivity contribution in [2.45, 2.75) is 65.7 Å². The second-order valence-electron chi connectivity index (χ2n) is 34.2. The van der Waals surface area contributed by atoms with E-state index in [9.17, 15) is 0 Å². The Morgan fingerprint density at radius 3 is 0.769 bits per heavy atom. The van der Waals surface area contributed by atoms with Crippen LogP contribution in [0.3, 0.4) is 0 Å². The van der Waals surface area contributed by atoms with Gasteiger partial charge in [0.25, 0.3) is 0 Å². The van der Waals surface area contributed by atoms with Crippen molar-refractivity contribution < 1.29 is 18.9 Å². The number of fused-ring (bicyclic) bond motifs is 4. The van der Waals surface area contributed by atoms with E-state index in [-0.39, 0.29) is 26.4 Å². The van der Waals surface area contributed by atoms with Crippen molar-refractivity contribution in [1.82, 2.24) is 110 Å². The zero-order chi connectivity index (χ0) is 95.4. The van der Waals surface area contributed by atoms with Gasteiger partial charge in [-0.05, 0) is 189 Å². The SMILES string of the molecule is C(=C\c1nc2ccccc2s1)/c1ccc(Cn2cc(COc3cc(Cn4cc(-c5ccc(N(c6ccccc6)c6ccc(-c7cn(Cc8cc(OCc9cn(Cc%10ccc(/C=C/c%11nc%12ccccc%12s%11)cc%10)nn9)cc(OCc9cn(Cc%10ccc(/C=C/c%11nc%12ccccc%12s%11)cc%10)nn9)c8)nn7)cc6)cc5)nn4)cc(OCc4cn(Cc5ccc(/C=C/c6nc7ccccc7s6)cc5)nn4)c3)nn2)cc1. The molecule has 0 unspecified atom stereocenters. The minimum atomic E-state index is 0.158. The Labute approximate surface area is 835 Å². The van der Waals surface area contributed by atoms with Crippen LogP contribution in [-0.4, -0.2) is 110 Å². The second-order valence-corrected chi connectivity index (χ2v) is 38.4. The van der Waals surface area contributed by atoms with Gasteiger partial charge in [-0.15, -0.1) is 75.9 Å². The molecule has 0 fully saturated rings. The van der Waals surface area contributed by atoms with E-state index < -0.39 is 0 Å². The van der Waals surface area contributed by atoms with E-state index in [0.29, 0.717) is 96.4 Å². The number of rotatable bonds is 37. The lowest BCUT2D eigenvalue weighted by Gasteiger charge is -2.25. The summed E-state index contributed by atoms with van der Waals surface area (Å²) in [4.78, 5) is 21.2. The van der Waals surface area contributed by atoms with Gasteiger partial charge in [-0.3, -0.25) is 0 Å². The predicted molar refractivity (Wildman–Crippen MR) is 564 cm³/mol. The lowest BCUT2D eigenvalue weighted by molar-refractivity contribution is 0.284. The van der Waals surface area contributed by atoms with Crippen LogP contribution >= 0.6 is 45.3 Å². The van der Waals surface area contributed by atoms with Crippen molar-refractivity contribution in [2.24, 2.45) is 0 Å². The largest absolute Gasteiger partial charge is 0.487 e. The summed E-state index contributed by atoms with van der Waals surface area (Å²) in [6.45, 7) is 3.47. The third-order valence-corrected chi connectivity index (χ3v) is 27.6. The molecule has 13 aromatic carbocycles. The molecule has 0 atom stereocenters. The first-order valence-corrected chi connectivity index (χ1v) is 49.5. The number of thiazole rings is 4. The highest BCUT2D eigenvalue weighted by Gasteiger charge is 2.20. The molecule has 27 nitrogen and oxygen atoms in total. The fourth-order valence-corrected chi connectivity index (χ4v) is 20.0. The molecule has 23 aromatic rings. The topological polar surface area (TPSA) is 276 Å². The van der Waals surface area contributed by atoms with E-state index in [4.69, 9.17) is 49.1 Å². The molecule has 31 heteroatoms. The van der Waals surface area contributed by atoms with Crippen molar-refractivity contribution in [3.05, 3.63) is 445 Å². The molecule has 10 aromatic heterocycles. The lowest BCUT2D eigenvalue weighted by Crippen LogP contribution is -2.09. The number of aromatic nitrogens is 22. The lowest BCUT2D eigenvalue weighted by atomic mass is 10.1. The molecule has 0 amide bonds. The van der Waals surface area contributed by atoms with E-state index in [1.54, 1.807) is 45.3 Å². The summed E-state index contributed by atoms with van der Waals surface area (Å²) in [6, 6.07) is 105. The smallest absolute Gasteiger partial charge is 0.134 e. The fraction of sp³-hybridized carbons (Fsp3) is 0.0893. The monoisotopic (exact) mass is 1940 g/mol. The van der Waals surface area contributed by atoms with Crippen molar-refractivity contribution in [2.75, 3.05) is 4.90 Å². The molecule has 0 aliphatic rings. The Morgan fingerprint density at radius 2 is 0.483 bits per heavy atom. The van der Waals surface area contributed by atoms with Gasteiger partial charge in [-0.25, -0.2) is 48.0 Å². The molecule has 10 heterocycles. The van der Waals surface area contributed by atoms with Crippen LogP contribution in [0, 0.1) is 0 Å².